The molecular formula is C14H18F3N5O3. The number of aliphatic carboxylic acids is 1. The molecule has 1 fully saturated rings. The smallest absolute Gasteiger partial charge is 0.394 e. The van der Waals surface area contributed by atoms with E-state index < -0.39 is 43.1 Å². The molecule has 11 heteroatoms. The number of amides is 2. The van der Waals surface area contributed by atoms with Crippen LogP contribution in [0.5, 0.6) is 0 Å². The van der Waals surface area contributed by atoms with E-state index in [1.807, 2.05) is 0 Å². The van der Waals surface area contributed by atoms with Crippen LogP contribution in [0.4, 0.5) is 29.7 Å². The molecule has 1 aliphatic heterocycles. The maximum absolute atomic E-state index is 13.0. The van der Waals surface area contributed by atoms with E-state index in [2.05, 4.69) is 15.3 Å². The molecule has 1 aromatic heterocycles. The largest absolute Gasteiger partial charge is 0.481 e. The Labute approximate surface area is 141 Å². The molecule has 2 N–H and O–H groups in total. The van der Waals surface area contributed by atoms with E-state index in [9.17, 15) is 22.8 Å². The summed E-state index contributed by atoms with van der Waals surface area (Å²) in [6.07, 6.45) is -4.70. The molecule has 1 saturated heterocycles. The monoisotopic (exact) mass is 361 g/mol. The van der Waals surface area contributed by atoms with Gasteiger partial charge >= 0.3 is 18.2 Å². The molecule has 0 radical (unpaired) electrons. The second-order valence-corrected chi connectivity index (χ2v) is 6.01. The number of nitrogens with one attached hydrogen (secondary N) is 1. The number of carbonyl (C=O) groups is 2. The minimum absolute atomic E-state index is 0.0592. The number of carboxylic acid groups (broad SMARTS) is 1. The SMILES string of the molecule is Cc1cc(N(C)C)nc(NC(=O)N2C[C@@H](C(F)(F)F)[C@H](C(=O)O)C2)n1. The van der Waals surface area contributed by atoms with Crippen molar-refractivity contribution in [1.82, 2.24) is 14.9 Å². The zero-order valence-electron chi connectivity index (χ0n) is 13.8. The molecular weight excluding hydrogens is 343 g/mol. The van der Waals surface area contributed by atoms with Crippen LogP contribution in [-0.2, 0) is 4.79 Å². The highest BCUT2D eigenvalue weighted by molar-refractivity contribution is 5.88. The molecule has 0 saturated carbocycles. The fourth-order valence-corrected chi connectivity index (χ4v) is 2.56. The Morgan fingerprint density at radius 1 is 1.32 bits per heavy atom. The van der Waals surface area contributed by atoms with Crippen LogP contribution in [0.3, 0.4) is 0 Å². The third-order valence-electron chi connectivity index (χ3n) is 3.86. The molecule has 1 aromatic rings. The lowest BCUT2D eigenvalue weighted by Gasteiger charge is -2.19. The number of halogens is 3. The van der Waals surface area contributed by atoms with Gasteiger partial charge in [-0.15, -0.1) is 0 Å². The van der Waals surface area contributed by atoms with E-state index in [1.165, 1.54) is 0 Å². The summed E-state index contributed by atoms with van der Waals surface area (Å²) in [6.45, 7) is 0.427. The van der Waals surface area contributed by atoms with Gasteiger partial charge in [-0.1, -0.05) is 0 Å². The zero-order chi connectivity index (χ0) is 18.9. The van der Waals surface area contributed by atoms with Crippen molar-refractivity contribution in [3.05, 3.63) is 11.8 Å². The van der Waals surface area contributed by atoms with Crippen molar-refractivity contribution in [2.45, 2.75) is 13.1 Å². The van der Waals surface area contributed by atoms with Gasteiger partial charge in [0.2, 0.25) is 5.95 Å². The summed E-state index contributed by atoms with van der Waals surface area (Å²) in [5.74, 6) is -4.93. The normalized spacial score (nSPS) is 20.5. The lowest BCUT2D eigenvalue weighted by Crippen LogP contribution is -2.35. The second kappa shape index (κ2) is 6.73. The number of likely N-dealkylation sites (tertiary alicyclic amines) is 1. The molecule has 8 nitrogen and oxygen atoms in total. The number of aryl methyl sites for hydroxylation is 1. The molecule has 0 aromatic carbocycles. The molecule has 2 atom stereocenters. The highest BCUT2D eigenvalue weighted by Crippen LogP contribution is 2.37. The Kier molecular flexibility index (Phi) is 5.04. The van der Waals surface area contributed by atoms with Crippen LogP contribution in [0.2, 0.25) is 0 Å². The molecule has 0 unspecified atom stereocenters. The summed E-state index contributed by atoms with van der Waals surface area (Å²) in [7, 11) is 3.47. The first-order valence-electron chi connectivity index (χ1n) is 7.37. The highest BCUT2D eigenvalue weighted by atomic mass is 19.4. The highest BCUT2D eigenvalue weighted by Gasteiger charge is 2.53. The number of nitrogens with zero attached hydrogens (tertiary/aromatic N) is 4. The van der Waals surface area contributed by atoms with Gasteiger partial charge in [0.15, 0.2) is 0 Å². The van der Waals surface area contributed by atoms with E-state index >= 15 is 0 Å². The number of hydrogen-bond acceptors (Lipinski definition) is 5. The van der Waals surface area contributed by atoms with Crippen LogP contribution in [0.25, 0.3) is 0 Å². The standard InChI is InChI=1S/C14H18F3N5O3/c1-7-4-10(21(2)3)19-12(18-7)20-13(25)22-5-8(11(23)24)9(6-22)14(15,16)17/h4,8-9H,5-6H2,1-3H3,(H,23,24)(H,18,19,20,25)/t8-,9-/m1/s1. The third-order valence-corrected chi connectivity index (χ3v) is 3.86. The summed E-state index contributed by atoms with van der Waals surface area (Å²) < 4.78 is 38.9. The summed E-state index contributed by atoms with van der Waals surface area (Å²) >= 11 is 0. The number of urea groups is 1. The second-order valence-electron chi connectivity index (χ2n) is 6.01. The zero-order valence-corrected chi connectivity index (χ0v) is 13.8. The first kappa shape index (κ1) is 18.7. The molecule has 1 aliphatic rings. The number of hydrogen-bond donors (Lipinski definition) is 2. The van der Waals surface area contributed by atoms with Gasteiger partial charge in [-0.25, -0.2) is 9.78 Å². The van der Waals surface area contributed by atoms with Crippen LogP contribution in [0.1, 0.15) is 5.69 Å². The van der Waals surface area contributed by atoms with Crippen LogP contribution in [0.15, 0.2) is 6.07 Å². The van der Waals surface area contributed by atoms with E-state index in [4.69, 9.17) is 5.11 Å². The lowest BCUT2D eigenvalue weighted by molar-refractivity contribution is -0.187. The summed E-state index contributed by atoms with van der Waals surface area (Å²) in [5.41, 5.74) is 0.562. The minimum Gasteiger partial charge on any atom is -0.481 e. The van der Waals surface area contributed by atoms with Crippen molar-refractivity contribution < 1.29 is 27.9 Å². The topological polar surface area (TPSA) is 98.7 Å². The van der Waals surface area contributed by atoms with Gasteiger partial charge in [-0.2, -0.15) is 18.2 Å². The van der Waals surface area contributed by atoms with Crippen molar-refractivity contribution >= 4 is 23.8 Å². The Morgan fingerprint density at radius 2 is 1.96 bits per heavy atom. The molecule has 25 heavy (non-hydrogen) atoms. The first-order chi connectivity index (χ1) is 11.5. The maximum atomic E-state index is 13.0. The van der Waals surface area contributed by atoms with E-state index in [0.717, 1.165) is 4.90 Å². The van der Waals surface area contributed by atoms with Gasteiger partial charge in [0, 0.05) is 38.9 Å². The number of aromatic nitrogens is 2. The molecule has 2 heterocycles. The van der Waals surface area contributed by atoms with Crippen molar-refractivity contribution in [2.24, 2.45) is 11.8 Å². The fourth-order valence-electron chi connectivity index (χ4n) is 2.56. The lowest BCUT2D eigenvalue weighted by atomic mass is 9.96. The molecule has 2 amide bonds. The molecule has 2 rings (SSSR count). The van der Waals surface area contributed by atoms with Crippen LogP contribution < -0.4 is 10.2 Å². The average Bonchev–Trinajstić information content (AvgIpc) is 2.92. The fraction of sp³-hybridized carbons (Fsp3) is 0.571. The van der Waals surface area contributed by atoms with Crippen molar-refractivity contribution in [1.29, 1.82) is 0 Å². The van der Waals surface area contributed by atoms with Gasteiger partial charge in [0.05, 0.1) is 11.8 Å². The molecule has 0 aliphatic carbocycles. The Hall–Kier alpha value is -2.59. The first-order valence-corrected chi connectivity index (χ1v) is 7.37. The minimum atomic E-state index is -4.70. The Morgan fingerprint density at radius 3 is 2.44 bits per heavy atom. The van der Waals surface area contributed by atoms with Crippen LogP contribution in [-0.4, -0.2) is 65.3 Å². The summed E-state index contributed by atoms with van der Waals surface area (Å²) in [4.78, 5) is 33.9. The van der Waals surface area contributed by atoms with Gasteiger partial charge in [0.25, 0.3) is 0 Å². The quantitative estimate of drug-likeness (QED) is 0.848. The summed E-state index contributed by atoms with van der Waals surface area (Å²) in [6, 6.07) is 0.805. The van der Waals surface area contributed by atoms with Crippen molar-refractivity contribution in [3.8, 4) is 0 Å². The van der Waals surface area contributed by atoms with E-state index in [-0.39, 0.29) is 5.95 Å². The number of rotatable bonds is 3. The molecule has 138 valence electrons. The predicted molar refractivity (Wildman–Crippen MR) is 82.4 cm³/mol. The Bertz CT molecular complexity index is 680. The maximum Gasteiger partial charge on any atom is 0.394 e. The van der Waals surface area contributed by atoms with Crippen LogP contribution >= 0.6 is 0 Å². The van der Waals surface area contributed by atoms with E-state index in [1.54, 1.807) is 32.0 Å². The molecule has 0 spiro atoms. The Balaban J connectivity index is 2.15. The number of carbonyl (C=O) groups excluding carboxylic acids is 1. The number of carboxylic acids is 1. The van der Waals surface area contributed by atoms with Crippen molar-refractivity contribution in [3.63, 3.8) is 0 Å². The van der Waals surface area contributed by atoms with Gasteiger partial charge in [-0.05, 0) is 6.92 Å². The summed E-state index contributed by atoms with van der Waals surface area (Å²) in [5, 5.41) is 11.3. The van der Waals surface area contributed by atoms with Gasteiger partial charge in [0.1, 0.15) is 5.82 Å². The van der Waals surface area contributed by atoms with Crippen molar-refractivity contribution in [2.75, 3.05) is 37.4 Å². The number of alkyl halides is 3. The van der Waals surface area contributed by atoms with Crippen LogP contribution in [0, 0.1) is 18.8 Å². The van der Waals surface area contributed by atoms with Gasteiger partial charge in [-0.3, -0.25) is 10.1 Å². The number of anilines is 2. The van der Waals surface area contributed by atoms with E-state index in [0.29, 0.717) is 11.5 Å². The average molecular weight is 361 g/mol. The molecule has 0 bridgehead atoms. The van der Waals surface area contributed by atoms with Gasteiger partial charge < -0.3 is 14.9 Å². The third kappa shape index (κ3) is 4.28. The predicted octanol–water partition coefficient (Wildman–Crippen LogP) is 1.58.